The first-order valence-corrected chi connectivity index (χ1v) is 7.99. The van der Waals surface area contributed by atoms with Crippen molar-refractivity contribution in [3.05, 3.63) is 36.5 Å². The summed E-state index contributed by atoms with van der Waals surface area (Å²) in [6.07, 6.45) is 9.96. The van der Waals surface area contributed by atoms with Crippen molar-refractivity contribution in [2.75, 3.05) is 18.0 Å². The van der Waals surface area contributed by atoms with Gasteiger partial charge in [-0.3, -0.25) is 19.4 Å². The zero-order valence-corrected chi connectivity index (χ0v) is 13.4. The van der Waals surface area contributed by atoms with E-state index in [1.54, 1.807) is 24.8 Å². The maximum Gasteiger partial charge on any atom is 0.220 e. The van der Waals surface area contributed by atoms with Crippen LogP contribution >= 0.6 is 0 Å². The van der Waals surface area contributed by atoms with Crippen molar-refractivity contribution in [1.29, 1.82) is 0 Å². The lowest BCUT2D eigenvalue weighted by Crippen LogP contribution is -2.48. The number of aromatic nitrogens is 4. The number of nitrogens with zero attached hydrogens (tertiary/aromatic N) is 5. The minimum atomic E-state index is 0.0764. The number of carbonyl (C=O) groups excluding carboxylic acids is 1. The molecular weight excluding hydrogens is 292 g/mol. The Morgan fingerprint density at radius 1 is 1.39 bits per heavy atom. The van der Waals surface area contributed by atoms with Gasteiger partial charge in [-0.15, -0.1) is 0 Å². The van der Waals surface area contributed by atoms with Crippen LogP contribution in [0.15, 0.2) is 30.9 Å². The summed E-state index contributed by atoms with van der Waals surface area (Å²) in [6.45, 7) is 1.84. The van der Waals surface area contributed by atoms with Gasteiger partial charge in [-0.05, 0) is 19.3 Å². The van der Waals surface area contributed by atoms with E-state index < -0.39 is 0 Å². The molecule has 122 valence electrons. The first-order valence-electron chi connectivity index (χ1n) is 7.99. The molecule has 1 aliphatic rings. The quantitative estimate of drug-likeness (QED) is 0.888. The molecule has 0 spiro atoms. The number of piperidine rings is 1. The summed E-state index contributed by atoms with van der Waals surface area (Å²) < 4.78 is 1.87. The Kier molecular flexibility index (Phi) is 4.85. The van der Waals surface area contributed by atoms with E-state index in [9.17, 15) is 4.79 Å². The van der Waals surface area contributed by atoms with Crippen LogP contribution in [-0.2, 0) is 18.3 Å². The fourth-order valence-corrected chi connectivity index (χ4v) is 2.98. The maximum absolute atomic E-state index is 12.1. The summed E-state index contributed by atoms with van der Waals surface area (Å²) in [5.74, 6) is 1.18. The third-order valence-corrected chi connectivity index (χ3v) is 4.13. The molecule has 1 aliphatic heterocycles. The van der Waals surface area contributed by atoms with Crippen LogP contribution in [0.5, 0.6) is 0 Å². The van der Waals surface area contributed by atoms with Gasteiger partial charge in [-0.2, -0.15) is 5.10 Å². The lowest BCUT2D eigenvalue weighted by molar-refractivity contribution is -0.121. The van der Waals surface area contributed by atoms with E-state index in [0.29, 0.717) is 12.8 Å². The normalized spacial score (nSPS) is 18.0. The molecule has 0 radical (unpaired) electrons. The van der Waals surface area contributed by atoms with Crippen LogP contribution in [0.2, 0.25) is 0 Å². The average Bonchev–Trinajstić information content (AvgIpc) is 3.00. The molecule has 7 heteroatoms. The minimum Gasteiger partial charge on any atom is -0.355 e. The predicted octanol–water partition coefficient (Wildman–Crippen LogP) is 0.928. The summed E-state index contributed by atoms with van der Waals surface area (Å²) in [6, 6.07) is 2.20. The summed E-state index contributed by atoms with van der Waals surface area (Å²) in [4.78, 5) is 22.6. The van der Waals surface area contributed by atoms with Gasteiger partial charge in [-0.1, -0.05) is 0 Å². The van der Waals surface area contributed by atoms with Crippen molar-refractivity contribution < 1.29 is 4.79 Å². The van der Waals surface area contributed by atoms with Gasteiger partial charge in [0, 0.05) is 57.3 Å². The second-order valence-electron chi connectivity index (χ2n) is 5.86. The number of hydrogen-bond acceptors (Lipinski definition) is 5. The molecule has 1 atom stereocenters. The molecule has 2 aromatic rings. The third-order valence-electron chi connectivity index (χ3n) is 4.13. The van der Waals surface area contributed by atoms with Gasteiger partial charge in [0.1, 0.15) is 5.82 Å². The molecule has 1 fully saturated rings. The van der Waals surface area contributed by atoms with Crippen LogP contribution in [0.4, 0.5) is 5.82 Å². The molecule has 0 saturated carbocycles. The molecule has 1 unspecified atom stereocenters. The number of nitrogens with one attached hydrogen (secondary N) is 1. The molecule has 7 nitrogen and oxygen atoms in total. The van der Waals surface area contributed by atoms with Gasteiger partial charge in [0.25, 0.3) is 0 Å². The van der Waals surface area contributed by atoms with Gasteiger partial charge in [-0.25, -0.2) is 0 Å². The third kappa shape index (κ3) is 4.06. The molecule has 0 bridgehead atoms. The van der Waals surface area contributed by atoms with Crippen molar-refractivity contribution in [3.8, 4) is 0 Å². The van der Waals surface area contributed by atoms with E-state index in [1.165, 1.54) is 0 Å². The number of hydrogen-bond donors (Lipinski definition) is 1. The van der Waals surface area contributed by atoms with Crippen molar-refractivity contribution in [3.63, 3.8) is 0 Å². The van der Waals surface area contributed by atoms with E-state index in [1.807, 2.05) is 17.8 Å². The highest BCUT2D eigenvalue weighted by atomic mass is 16.1. The highest BCUT2D eigenvalue weighted by Crippen LogP contribution is 2.18. The van der Waals surface area contributed by atoms with Crippen molar-refractivity contribution in [2.24, 2.45) is 7.05 Å². The molecule has 3 heterocycles. The lowest BCUT2D eigenvalue weighted by atomic mass is 10.1. The number of anilines is 1. The Bertz CT molecular complexity index is 641. The fourth-order valence-electron chi connectivity index (χ4n) is 2.98. The van der Waals surface area contributed by atoms with Gasteiger partial charge >= 0.3 is 0 Å². The van der Waals surface area contributed by atoms with Crippen LogP contribution < -0.4 is 10.2 Å². The fraction of sp³-hybridized carbons (Fsp3) is 0.500. The Labute approximate surface area is 135 Å². The largest absolute Gasteiger partial charge is 0.355 e. The van der Waals surface area contributed by atoms with Crippen LogP contribution in [0.1, 0.15) is 25.0 Å². The standard InChI is InChI=1S/C16H22N6O/c1-21-16(6-7-19-21)22-10-2-3-14(12-22)20-15(23)5-4-13-11-17-8-9-18-13/h6-9,11,14H,2-5,10,12H2,1H3,(H,20,23). The Morgan fingerprint density at radius 2 is 2.30 bits per heavy atom. The molecule has 2 aromatic heterocycles. The number of amides is 1. The summed E-state index contributed by atoms with van der Waals surface area (Å²) in [5.41, 5.74) is 0.850. The number of aryl methyl sites for hydroxylation is 2. The Balaban J connectivity index is 1.49. The highest BCUT2D eigenvalue weighted by molar-refractivity contribution is 5.76. The van der Waals surface area contributed by atoms with Gasteiger partial charge in [0.2, 0.25) is 5.91 Å². The highest BCUT2D eigenvalue weighted by Gasteiger charge is 2.22. The lowest BCUT2D eigenvalue weighted by Gasteiger charge is -2.34. The second-order valence-corrected chi connectivity index (χ2v) is 5.86. The Morgan fingerprint density at radius 3 is 3.04 bits per heavy atom. The minimum absolute atomic E-state index is 0.0764. The van der Waals surface area contributed by atoms with E-state index >= 15 is 0 Å². The zero-order valence-electron chi connectivity index (χ0n) is 13.4. The van der Waals surface area contributed by atoms with Crippen molar-refractivity contribution in [1.82, 2.24) is 25.1 Å². The molecule has 0 aromatic carbocycles. The van der Waals surface area contributed by atoms with E-state index in [-0.39, 0.29) is 11.9 Å². The zero-order chi connectivity index (χ0) is 16.1. The van der Waals surface area contributed by atoms with Crippen LogP contribution in [-0.4, -0.2) is 44.8 Å². The molecular formula is C16H22N6O. The van der Waals surface area contributed by atoms with Crippen molar-refractivity contribution >= 4 is 11.7 Å². The Hall–Kier alpha value is -2.44. The average molecular weight is 314 g/mol. The first-order chi connectivity index (χ1) is 11.2. The number of rotatable bonds is 5. The molecule has 1 saturated heterocycles. The monoisotopic (exact) mass is 314 g/mol. The first kappa shape index (κ1) is 15.5. The maximum atomic E-state index is 12.1. The van der Waals surface area contributed by atoms with E-state index in [4.69, 9.17) is 0 Å². The van der Waals surface area contributed by atoms with Crippen LogP contribution in [0.25, 0.3) is 0 Å². The SMILES string of the molecule is Cn1nccc1N1CCCC(NC(=O)CCc2cnccn2)C1. The van der Waals surface area contributed by atoms with Gasteiger partial charge < -0.3 is 10.2 Å². The molecule has 1 N–H and O–H groups in total. The number of carbonyl (C=O) groups is 1. The van der Waals surface area contributed by atoms with Crippen LogP contribution in [0, 0.1) is 0 Å². The molecule has 0 aliphatic carbocycles. The summed E-state index contributed by atoms with van der Waals surface area (Å²) >= 11 is 0. The van der Waals surface area contributed by atoms with E-state index in [2.05, 4.69) is 25.3 Å². The van der Waals surface area contributed by atoms with Crippen LogP contribution in [0.3, 0.4) is 0 Å². The second kappa shape index (κ2) is 7.21. The van der Waals surface area contributed by atoms with Gasteiger partial charge in [0.05, 0.1) is 11.9 Å². The van der Waals surface area contributed by atoms with Gasteiger partial charge in [0.15, 0.2) is 0 Å². The molecule has 3 rings (SSSR count). The summed E-state index contributed by atoms with van der Waals surface area (Å²) in [5, 5.41) is 7.36. The molecule has 1 amide bonds. The van der Waals surface area contributed by atoms with E-state index in [0.717, 1.165) is 37.4 Å². The van der Waals surface area contributed by atoms with Crippen molar-refractivity contribution in [2.45, 2.75) is 31.7 Å². The predicted molar refractivity (Wildman–Crippen MR) is 86.9 cm³/mol. The smallest absolute Gasteiger partial charge is 0.220 e. The topological polar surface area (TPSA) is 75.9 Å². The summed E-state index contributed by atoms with van der Waals surface area (Å²) in [7, 11) is 1.94. The molecule has 23 heavy (non-hydrogen) atoms.